The van der Waals surface area contributed by atoms with Crippen molar-refractivity contribution in [2.75, 3.05) is 6.54 Å². The second-order valence-corrected chi connectivity index (χ2v) is 5.89. The first kappa shape index (κ1) is 16.2. The molecule has 0 spiro atoms. The van der Waals surface area contributed by atoms with E-state index < -0.39 is 0 Å². The summed E-state index contributed by atoms with van der Waals surface area (Å²) < 4.78 is 1.88. The van der Waals surface area contributed by atoms with Gasteiger partial charge in [0, 0.05) is 24.7 Å². The third-order valence-corrected chi connectivity index (χ3v) is 4.16. The summed E-state index contributed by atoms with van der Waals surface area (Å²) in [6, 6.07) is 10.7. The maximum Gasteiger partial charge on any atom is 0.252 e. The number of carbonyl (C=O) groups is 1. The molecular weight excluding hydrogens is 356 g/mol. The molecule has 0 radical (unpaired) electrons. The van der Waals surface area contributed by atoms with Crippen LogP contribution >= 0.6 is 11.6 Å². The number of hydrogen-bond acceptors (Lipinski definition) is 6. The molecule has 0 saturated carbocycles. The Morgan fingerprint density at radius 1 is 1.19 bits per heavy atom. The number of benzene rings is 1. The first-order valence-electron chi connectivity index (χ1n) is 7.82. The minimum absolute atomic E-state index is 0.283. The Balaban J connectivity index is 1.46. The summed E-state index contributed by atoms with van der Waals surface area (Å²) in [4.78, 5) is 12.5. The van der Waals surface area contributed by atoms with Crippen LogP contribution in [0, 0.1) is 0 Å². The fourth-order valence-electron chi connectivity index (χ4n) is 2.57. The lowest BCUT2D eigenvalue weighted by Gasteiger charge is -2.07. The number of carbonyl (C=O) groups excluding carboxylic acids is 1. The molecule has 2 N–H and O–H groups in total. The van der Waals surface area contributed by atoms with Gasteiger partial charge >= 0.3 is 0 Å². The number of H-pyrrole nitrogens is 1. The van der Waals surface area contributed by atoms with Gasteiger partial charge < -0.3 is 5.32 Å². The molecule has 4 aromatic rings. The zero-order chi connectivity index (χ0) is 17.9. The van der Waals surface area contributed by atoms with Crippen LogP contribution in [0.1, 0.15) is 16.2 Å². The lowest BCUT2D eigenvalue weighted by Crippen LogP contribution is -2.26. The zero-order valence-corrected chi connectivity index (χ0v) is 14.2. The Labute approximate surface area is 152 Å². The standard InChI is InChI=1S/C16H13ClN8O/c17-12-5-4-10(15-21-23-24-22-15)9-11(12)16(26)18-7-6-14-20-19-13-3-1-2-8-25(13)14/h1-5,8-9H,6-7H2,(H,18,26)(H,21,22,23,24). The molecule has 3 heterocycles. The largest absolute Gasteiger partial charge is 0.352 e. The van der Waals surface area contributed by atoms with Crippen molar-refractivity contribution in [1.29, 1.82) is 0 Å². The van der Waals surface area contributed by atoms with E-state index in [1.165, 1.54) is 0 Å². The molecule has 3 aromatic heterocycles. The van der Waals surface area contributed by atoms with Crippen LogP contribution in [0.25, 0.3) is 17.0 Å². The van der Waals surface area contributed by atoms with Crippen molar-refractivity contribution >= 4 is 23.2 Å². The number of aromatic nitrogens is 7. The van der Waals surface area contributed by atoms with Gasteiger partial charge in [0.15, 0.2) is 5.65 Å². The number of fused-ring (bicyclic) bond motifs is 1. The van der Waals surface area contributed by atoms with Crippen molar-refractivity contribution in [3.8, 4) is 11.4 Å². The number of hydrogen-bond donors (Lipinski definition) is 2. The van der Waals surface area contributed by atoms with Gasteiger partial charge in [0.2, 0.25) is 5.82 Å². The monoisotopic (exact) mass is 368 g/mol. The Hall–Kier alpha value is -3.33. The minimum atomic E-state index is -0.283. The highest BCUT2D eigenvalue weighted by atomic mass is 35.5. The molecule has 0 bridgehead atoms. The molecule has 130 valence electrons. The van der Waals surface area contributed by atoms with E-state index in [0.29, 0.717) is 34.9 Å². The molecule has 0 saturated heterocycles. The molecule has 1 aromatic carbocycles. The van der Waals surface area contributed by atoms with Gasteiger partial charge in [-0.15, -0.1) is 20.4 Å². The summed E-state index contributed by atoms with van der Waals surface area (Å²) in [5.74, 6) is 0.882. The Kier molecular flexibility index (Phi) is 4.28. The summed E-state index contributed by atoms with van der Waals surface area (Å²) in [6.07, 6.45) is 2.43. The van der Waals surface area contributed by atoms with Crippen LogP contribution in [0.2, 0.25) is 5.02 Å². The van der Waals surface area contributed by atoms with Crippen LogP contribution in [-0.4, -0.2) is 47.7 Å². The van der Waals surface area contributed by atoms with Gasteiger partial charge in [0.05, 0.1) is 10.6 Å². The molecule has 9 nitrogen and oxygen atoms in total. The van der Waals surface area contributed by atoms with E-state index in [-0.39, 0.29) is 5.91 Å². The Morgan fingerprint density at radius 2 is 2.12 bits per heavy atom. The van der Waals surface area contributed by atoms with E-state index >= 15 is 0 Å². The molecule has 0 aliphatic heterocycles. The Bertz CT molecular complexity index is 1060. The minimum Gasteiger partial charge on any atom is -0.352 e. The highest BCUT2D eigenvalue weighted by Gasteiger charge is 2.14. The summed E-state index contributed by atoms with van der Waals surface area (Å²) in [7, 11) is 0. The van der Waals surface area contributed by atoms with Crippen molar-refractivity contribution in [3.63, 3.8) is 0 Å². The van der Waals surface area contributed by atoms with Crippen LogP contribution < -0.4 is 5.32 Å². The first-order valence-corrected chi connectivity index (χ1v) is 8.20. The molecule has 10 heteroatoms. The van der Waals surface area contributed by atoms with Crippen molar-refractivity contribution in [2.45, 2.75) is 6.42 Å². The molecular formula is C16H13ClN8O. The van der Waals surface area contributed by atoms with Crippen LogP contribution in [0.15, 0.2) is 42.6 Å². The summed E-state index contributed by atoms with van der Waals surface area (Å²) in [5.41, 5.74) is 1.77. The lowest BCUT2D eigenvalue weighted by atomic mass is 10.1. The third kappa shape index (κ3) is 3.11. The number of nitrogens with one attached hydrogen (secondary N) is 2. The topological polar surface area (TPSA) is 114 Å². The number of pyridine rings is 1. The summed E-state index contributed by atoms with van der Waals surface area (Å²) >= 11 is 6.16. The Morgan fingerprint density at radius 3 is 2.96 bits per heavy atom. The van der Waals surface area contributed by atoms with E-state index in [0.717, 1.165) is 11.5 Å². The molecule has 0 aliphatic carbocycles. The average molecular weight is 369 g/mol. The summed E-state index contributed by atoms with van der Waals surface area (Å²) in [5, 5.41) is 25.1. The van der Waals surface area contributed by atoms with Crippen LogP contribution in [0.3, 0.4) is 0 Å². The van der Waals surface area contributed by atoms with E-state index in [1.54, 1.807) is 18.2 Å². The predicted molar refractivity (Wildman–Crippen MR) is 93.6 cm³/mol. The van der Waals surface area contributed by atoms with Crippen LogP contribution in [0.4, 0.5) is 0 Å². The lowest BCUT2D eigenvalue weighted by molar-refractivity contribution is 0.0954. The van der Waals surface area contributed by atoms with Crippen molar-refractivity contribution in [2.24, 2.45) is 0 Å². The van der Waals surface area contributed by atoms with Gasteiger partial charge in [0.25, 0.3) is 5.91 Å². The number of halogens is 1. The SMILES string of the molecule is O=C(NCCc1nnc2ccccn12)c1cc(-c2nn[nH]n2)ccc1Cl. The fraction of sp³-hybridized carbons (Fsp3) is 0.125. The highest BCUT2D eigenvalue weighted by molar-refractivity contribution is 6.34. The molecule has 0 atom stereocenters. The third-order valence-electron chi connectivity index (χ3n) is 3.83. The van der Waals surface area contributed by atoms with Crippen molar-refractivity contribution in [3.05, 3.63) is 59.0 Å². The smallest absolute Gasteiger partial charge is 0.252 e. The maximum absolute atomic E-state index is 12.5. The fourth-order valence-corrected chi connectivity index (χ4v) is 2.77. The van der Waals surface area contributed by atoms with E-state index in [1.807, 2.05) is 28.8 Å². The maximum atomic E-state index is 12.5. The van der Waals surface area contributed by atoms with Crippen LogP contribution in [0.5, 0.6) is 0 Å². The van der Waals surface area contributed by atoms with Gasteiger partial charge in [-0.1, -0.05) is 17.7 Å². The number of aromatic amines is 1. The van der Waals surface area contributed by atoms with Crippen LogP contribution in [-0.2, 0) is 6.42 Å². The average Bonchev–Trinajstić information content (AvgIpc) is 3.32. The van der Waals surface area contributed by atoms with Crippen molar-refractivity contribution < 1.29 is 4.79 Å². The summed E-state index contributed by atoms with van der Waals surface area (Å²) in [6.45, 7) is 0.400. The van der Waals surface area contributed by atoms with Crippen molar-refractivity contribution in [1.82, 2.24) is 40.5 Å². The molecule has 4 rings (SSSR count). The van der Waals surface area contributed by atoms with E-state index in [2.05, 4.69) is 36.1 Å². The van der Waals surface area contributed by atoms with Gasteiger partial charge in [-0.25, -0.2) is 0 Å². The normalized spacial score (nSPS) is 11.0. The second kappa shape index (κ2) is 6.89. The number of tetrazole rings is 1. The van der Waals surface area contributed by atoms with Gasteiger partial charge in [0.1, 0.15) is 5.82 Å². The van der Waals surface area contributed by atoms with Gasteiger partial charge in [-0.2, -0.15) is 5.21 Å². The van der Waals surface area contributed by atoms with Gasteiger partial charge in [-0.05, 0) is 35.5 Å². The number of nitrogens with zero attached hydrogens (tertiary/aromatic N) is 6. The first-order chi connectivity index (χ1) is 12.7. The number of amides is 1. The van der Waals surface area contributed by atoms with E-state index in [9.17, 15) is 4.79 Å². The quantitative estimate of drug-likeness (QED) is 0.552. The molecule has 0 aliphatic rings. The molecule has 1 amide bonds. The predicted octanol–water partition coefficient (Wildman–Crippen LogP) is 1.54. The second-order valence-electron chi connectivity index (χ2n) is 5.48. The molecule has 0 fully saturated rings. The molecule has 26 heavy (non-hydrogen) atoms. The van der Waals surface area contributed by atoms with E-state index in [4.69, 9.17) is 11.6 Å². The number of rotatable bonds is 5. The van der Waals surface area contributed by atoms with Gasteiger partial charge in [-0.3, -0.25) is 9.20 Å². The highest BCUT2D eigenvalue weighted by Crippen LogP contribution is 2.22. The molecule has 0 unspecified atom stereocenters. The zero-order valence-electron chi connectivity index (χ0n) is 13.4.